The molecule has 0 saturated carbocycles. The van der Waals surface area contributed by atoms with Crippen molar-refractivity contribution in [2.45, 2.75) is 26.4 Å². The third-order valence-corrected chi connectivity index (χ3v) is 5.22. The highest BCUT2D eigenvalue weighted by atomic mass is 16.7. The summed E-state index contributed by atoms with van der Waals surface area (Å²) in [6, 6.07) is 5.23. The molecule has 26 heavy (non-hydrogen) atoms. The highest BCUT2D eigenvalue weighted by Gasteiger charge is 2.33. The number of fused-ring (bicyclic) bond motifs is 1. The molecule has 1 aromatic heterocycles. The molecule has 3 heterocycles. The number of nitrogens with zero attached hydrogens (tertiary/aromatic N) is 2. The second-order valence-electron chi connectivity index (χ2n) is 6.83. The van der Waals surface area contributed by atoms with Crippen molar-refractivity contribution in [3.05, 3.63) is 40.7 Å². The van der Waals surface area contributed by atoms with Crippen LogP contribution in [0.1, 0.15) is 39.8 Å². The molecule has 0 aliphatic carbocycles. The molecule has 2 aliphatic rings. The molecule has 1 amide bonds. The van der Waals surface area contributed by atoms with E-state index >= 15 is 0 Å². The van der Waals surface area contributed by atoms with Gasteiger partial charge in [-0.3, -0.25) is 9.48 Å². The van der Waals surface area contributed by atoms with Crippen LogP contribution in [0.5, 0.6) is 11.5 Å². The number of rotatable bonds is 4. The summed E-state index contributed by atoms with van der Waals surface area (Å²) < 4.78 is 18.5. The standard InChI is InChI=1S/C19H23N3O4/c1-11-17(12(2)22(3)21-11)18-14(6-7-24-18)9-20-19(23)13-4-5-15-16(8-13)26-10-25-15/h4-5,8,14,18H,6-7,9-10H2,1-3H3,(H,20,23)/t14-,18+/m1/s1. The van der Waals surface area contributed by atoms with Crippen molar-refractivity contribution in [1.82, 2.24) is 15.1 Å². The number of hydrogen-bond donors (Lipinski definition) is 1. The lowest BCUT2D eigenvalue weighted by molar-refractivity contribution is 0.0839. The normalized spacial score (nSPS) is 21.2. The Balaban J connectivity index is 1.44. The van der Waals surface area contributed by atoms with Gasteiger partial charge in [0.2, 0.25) is 6.79 Å². The number of benzene rings is 1. The van der Waals surface area contributed by atoms with E-state index < -0.39 is 0 Å². The summed E-state index contributed by atoms with van der Waals surface area (Å²) in [7, 11) is 1.94. The second kappa shape index (κ2) is 6.64. The van der Waals surface area contributed by atoms with Gasteiger partial charge in [-0.05, 0) is 38.5 Å². The Bertz CT molecular complexity index is 846. The van der Waals surface area contributed by atoms with Gasteiger partial charge in [-0.15, -0.1) is 0 Å². The fraction of sp³-hybridized carbons (Fsp3) is 0.474. The monoisotopic (exact) mass is 357 g/mol. The molecular weight excluding hydrogens is 334 g/mol. The molecule has 0 bridgehead atoms. The zero-order chi connectivity index (χ0) is 18.3. The molecule has 2 aliphatic heterocycles. The SMILES string of the molecule is Cc1nn(C)c(C)c1[C@H]1OCC[C@@H]1CNC(=O)c1ccc2c(c1)OCO2. The van der Waals surface area contributed by atoms with Gasteiger partial charge in [-0.2, -0.15) is 5.10 Å². The van der Waals surface area contributed by atoms with E-state index in [9.17, 15) is 4.79 Å². The molecule has 0 radical (unpaired) electrons. The maximum Gasteiger partial charge on any atom is 0.251 e. The molecule has 1 saturated heterocycles. The minimum atomic E-state index is -0.117. The summed E-state index contributed by atoms with van der Waals surface area (Å²) in [5, 5.41) is 7.52. The van der Waals surface area contributed by atoms with Gasteiger partial charge in [0.25, 0.3) is 5.91 Å². The van der Waals surface area contributed by atoms with Crippen molar-refractivity contribution in [3.8, 4) is 11.5 Å². The predicted molar refractivity (Wildman–Crippen MR) is 94.4 cm³/mol. The van der Waals surface area contributed by atoms with Gasteiger partial charge in [0, 0.05) is 42.9 Å². The maximum atomic E-state index is 12.5. The number of aryl methyl sites for hydroxylation is 2. The quantitative estimate of drug-likeness (QED) is 0.909. The number of amides is 1. The Morgan fingerprint density at radius 1 is 1.31 bits per heavy atom. The number of carbonyl (C=O) groups is 1. The second-order valence-corrected chi connectivity index (χ2v) is 6.83. The average molecular weight is 357 g/mol. The lowest BCUT2D eigenvalue weighted by atomic mass is 9.94. The molecule has 1 fully saturated rings. The topological polar surface area (TPSA) is 74.6 Å². The third-order valence-electron chi connectivity index (χ3n) is 5.22. The first-order valence-electron chi connectivity index (χ1n) is 8.84. The van der Waals surface area contributed by atoms with Gasteiger partial charge in [-0.1, -0.05) is 0 Å². The number of nitrogens with one attached hydrogen (secondary N) is 1. The molecular formula is C19H23N3O4. The van der Waals surface area contributed by atoms with Crippen LogP contribution < -0.4 is 14.8 Å². The number of hydrogen-bond acceptors (Lipinski definition) is 5. The summed E-state index contributed by atoms with van der Waals surface area (Å²) in [5.41, 5.74) is 3.82. The van der Waals surface area contributed by atoms with Crippen LogP contribution in [-0.2, 0) is 11.8 Å². The molecule has 1 N–H and O–H groups in total. The third kappa shape index (κ3) is 2.92. The van der Waals surface area contributed by atoms with Crippen LogP contribution in [-0.4, -0.2) is 35.6 Å². The predicted octanol–water partition coefficient (Wildman–Crippen LogP) is 2.27. The van der Waals surface area contributed by atoms with Gasteiger partial charge in [-0.25, -0.2) is 0 Å². The molecule has 2 aromatic rings. The molecule has 4 rings (SSSR count). The molecule has 0 spiro atoms. The lowest BCUT2D eigenvalue weighted by Crippen LogP contribution is -2.30. The van der Waals surface area contributed by atoms with Crippen LogP contribution in [0.4, 0.5) is 0 Å². The molecule has 7 nitrogen and oxygen atoms in total. The van der Waals surface area contributed by atoms with Crippen LogP contribution in [0, 0.1) is 19.8 Å². The molecule has 0 unspecified atom stereocenters. The van der Waals surface area contributed by atoms with Gasteiger partial charge in [0.15, 0.2) is 11.5 Å². The van der Waals surface area contributed by atoms with Crippen molar-refractivity contribution < 1.29 is 19.0 Å². The van der Waals surface area contributed by atoms with E-state index in [0.717, 1.165) is 23.4 Å². The summed E-state index contributed by atoms with van der Waals surface area (Å²) >= 11 is 0. The van der Waals surface area contributed by atoms with Crippen molar-refractivity contribution in [3.63, 3.8) is 0 Å². The maximum absolute atomic E-state index is 12.5. The fourth-order valence-corrected chi connectivity index (χ4v) is 3.73. The van der Waals surface area contributed by atoms with E-state index in [-0.39, 0.29) is 24.7 Å². The van der Waals surface area contributed by atoms with Crippen LogP contribution in [0.15, 0.2) is 18.2 Å². The zero-order valence-electron chi connectivity index (χ0n) is 15.2. The van der Waals surface area contributed by atoms with Gasteiger partial charge < -0.3 is 19.5 Å². The smallest absolute Gasteiger partial charge is 0.251 e. The molecule has 7 heteroatoms. The van der Waals surface area contributed by atoms with E-state index in [4.69, 9.17) is 14.2 Å². The number of ether oxygens (including phenoxy) is 3. The van der Waals surface area contributed by atoms with Crippen LogP contribution >= 0.6 is 0 Å². The first-order chi connectivity index (χ1) is 12.5. The highest BCUT2D eigenvalue weighted by Crippen LogP contribution is 2.37. The van der Waals surface area contributed by atoms with Crippen LogP contribution in [0.3, 0.4) is 0 Å². The Labute approximate surface area is 152 Å². The average Bonchev–Trinajstić information content (AvgIpc) is 3.32. The molecule has 2 atom stereocenters. The van der Waals surface area contributed by atoms with E-state index in [0.29, 0.717) is 30.2 Å². The van der Waals surface area contributed by atoms with Crippen molar-refractivity contribution in [2.75, 3.05) is 19.9 Å². The van der Waals surface area contributed by atoms with E-state index in [1.165, 1.54) is 0 Å². The van der Waals surface area contributed by atoms with Crippen LogP contribution in [0.25, 0.3) is 0 Å². The van der Waals surface area contributed by atoms with Crippen molar-refractivity contribution >= 4 is 5.91 Å². The summed E-state index contributed by atoms with van der Waals surface area (Å²) in [5.74, 6) is 1.40. The fourth-order valence-electron chi connectivity index (χ4n) is 3.73. The van der Waals surface area contributed by atoms with E-state index in [1.54, 1.807) is 18.2 Å². The first kappa shape index (κ1) is 16.9. The Morgan fingerprint density at radius 3 is 2.88 bits per heavy atom. The Kier molecular flexibility index (Phi) is 4.32. The largest absolute Gasteiger partial charge is 0.454 e. The van der Waals surface area contributed by atoms with Crippen LogP contribution in [0.2, 0.25) is 0 Å². The zero-order valence-corrected chi connectivity index (χ0v) is 15.2. The van der Waals surface area contributed by atoms with E-state index in [2.05, 4.69) is 17.3 Å². The number of carbonyl (C=O) groups excluding carboxylic acids is 1. The van der Waals surface area contributed by atoms with Gasteiger partial charge in [0.1, 0.15) is 0 Å². The number of aromatic nitrogens is 2. The Hall–Kier alpha value is -2.54. The Morgan fingerprint density at radius 2 is 2.12 bits per heavy atom. The highest BCUT2D eigenvalue weighted by molar-refractivity contribution is 5.94. The summed E-state index contributed by atoms with van der Waals surface area (Å²) in [4.78, 5) is 12.5. The minimum absolute atomic E-state index is 0.0271. The minimum Gasteiger partial charge on any atom is -0.454 e. The van der Waals surface area contributed by atoms with Crippen molar-refractivity contribution in [1.29, 1.82) is 0 Å². The first-order valence-corrected chi connectivity index (χ1v) is 8.84. The van der Waals surface area contributed by atoms with Gasteiger partial charge >= 0.3 is 0 Å². The summed E-state index contributed by atoms with van der Waals surface area (Å²) in [6.07, 6.45) is 0.889. The van der Waals surface area contributed by atoms with Crippen molar-refractivity contribution in [2.24, 2.45) is 13.0 Å². The molecule has 1 aromatic carbocycles. The van der Waals surface area contributed by atoms with Gasteiger partial charge in [0.05, 0.1) is 11.8 Å². The van der Waals surface area contributed by atoms with E-state index in [1.807, 2.05) is 18.7 Å². The lowest BCUT2D eigenvalue weighted by Gasteiger charge is -2.20. The molecule has 138 valence electrons. The summed E-state index contributed by atoms with van der Waals surface area (Å²) in [6.45, 7) is 5.52.